The fourth-order valence-electron chi connectivity index (χ4n) is 4.50. The van der Waals surface area contributed by atoms with Crippen molar-refractivity contribution < 1.29 is 19.7 Å². The third-order valence-corrected chi connectivity index (χ3v) is 5.84. The number of cyclic esters (lactones) is 1. The van der Waals surface area contributed by atoms with Gasteiger partial charge >= 0.3 is 5.97 Å². The number of hydrogen-bond donors (Lipinski definition) is 2. The first-order valence-corrected chi connectivity index (χ1v) is 8.94. The van der Waals surface area contributed by atoms with Gasteiger partial charge < -0.3 is 14.9 Å². The van der Waals surface area contributed by atoms with E-state index in [1.54, 1.807) is 0 Å². The standard InChI is InChI=1S/C19H28O4/c1-11-3-5-17-13(7-11)8-18(21)12(2)16(17)6-4-15-9-14(20)10-19(22)23-15/h7-8,11-12,14-17,20-21H,3-6,9-10H2,1-2H3/t11?,12?,14?,15-,16?,17?/m1/s1. The first-order valence-electron chi connectivity index (χ1n) is 8.94. The van der Waals surface area contributed by atoms with Crippen molar-refractivity contribution in [1.82, 2.24) is 0 Å². The maximum atomic E-state index is 11.5. The number of carbonyl (C=O) groups excluding carboxylic acids is 1. The van der Waals surface area contributed by atoms with E-state index in [-0.39, 0.29) is 24.4 Å². The van der Waals surface area contributed by atoms with Crippen molar-refractivity contribution in [3.8, 4) is 0 Å². The highest BCUT2D eigenvalue weighted by Gasteiger charge is 2.37. The second-order valence-corrected chi connectivity index (χ2v) is 7.63. The van der Waals surface area contributed by atoms with Crippen molar-refractivity contribution in [3.63, 3.8) is 0 Å². The second-order valence-electron chi connectivity index (χ2n) is 7.63. The van der Waals surface area contributed by atoms with E-state index in [2.05, 4.69) is 19.9 Å². The molecule has 0 saturated carbocycles. The van der Waals surface area contributed by atoms with Crippen LogP contribution in [0.2, 0.25) is 0 Å². The van der Waals surface area contributed by atoms with E-state index in [9.17, 15) is 15.0 Å². The van der Waals surface area contributed by atoms with Crippen molar-refractivity contribution in [2.24, 2.45) is 23.7 Å². The molecule has 1 aliphatic heterocycles. The lowest BCUT2D eigenvalue weighted by Gasteiger charge is -2.40. The molecule has 0 aromatic carbocycles. The van der Waals surface area contributed by atoms with Crippen molar-refractivity contribution in [2.45, 2.75) is 64.6 Å². The van der Waals surface area contributed by atoms with Crippen LogP contribution in [0, 0.1) is 23.7 Å². The number of hydrogen-bond acceptors (Lipinski definition) is 4. The molecule has 0 spiro atoms. The summed E-state index contributed by atoms with van der Waals surface area (Å²) in [5.41, 5.74) is 1.28. The van der Waals surface area contributed by atoms with Gasteiger partial charge in [-0.25, -0.2) is 0 Å². The highest BCUT2D eigenvalue weighted by molar-refractivity contribution is 5.70. The molecule has 4 nitrogen and oxygen atoms in total. The molecule has 0 aromatic heterocycles. The monoisotopic (exact) mass is 320 g/mol. The van der Waals surface area contributed by atoms with Crippen LogP contribution >= 0.6 is 0 Å². The van der Waals surface area contributed by atoms with Gasteiger partial charge in [-0.3, -0.25) is 4.79 Å². The highest BCUT2D eigenvalue weighted by atomic mass is 16.5. The van der Waals surface area contributed by atoms with Gasteiger partial charge in [0.05, 0.1) is 18.3 Å². The van der Waals surface area contributed by atoms with E-state index >= 15 is 0 Å². The van der Waals surface area contributed by atoms with Crippen LogP contribution in [0.1, 0.15) is 52.4 Å². The zero-order valence-electron chi connectivity index (χ0n) is 14.1. The molecule has 23 heavy (non-hydrogen) atoms. The quantitative estimate of drug-likeness (QED) is 0.781. The first-order chi connectivity index (χ1) is 10.9. The van der Waals surface area contributed by atoms with Gasteiger partial charge in [0.2, 0.25) is 0 Å². The molecule has 128 valence electrons. The predicted octanol–water partition coefficient (Wildman–Crippen LogP) is 3.51. The number of rotatable bonds is 3. The molecule has 1 fully saturated rings. The Balaban J connectivity index is 1.68. The maximum Gasteiger partial charge on any atom is 0.308 e. The highest BCUT2D eigenvalue weighted by Crippen LogP contribution is 2.45. The van der Waals surface area contributed by atoms with Crippen molar-refractivity contribution in [2.75, 3.05) is 0 Å². The summed E-state index contributed by atoms with van der Waals surface area (Å²) in [6.07, 6.45) is 8.23. The number of aliphatic hydroxyl groups excluding tert-OH is 2. The molecule has 4 heteroatoms. The van der Waals surface area contributed by atoms with Crippen LogP contribution in [-0.2, 0) is 9.53 Å². The van der Waals surface area contributed by atoms with Gasteiger partial charge in [0.25, 0.3) is 0 Å². The number of aliphatic hydroxyl groups is 2. The average Bonchev–Trinajstić information content (AvgIpc) is 2.47. The molecule has 0 amide bonds. The Bertz CT molecular complexity index is 521. The van der Waals surface area contributed by atoms with Gasteiger partial charge in [-0.2, -0.15) is 0 Å². The Kier molecular flexibility index (Phi) is 4.81. The van der Waals surface area contributed by atoms with E-state index in [0.717, 1.165) is 12.8 Å². The lowest BCUT2D eigenvalue weighted by molar-refractivity contribution is -0.160. The minimum atomic E-state index is -0.565. The van der Waals surface area contributed by atoms with E-state index < -0.39 is 6.10 Å². The number of esters is 1. The summed E-state index contributed by atoms with van der Waals surface area (Å²) in [6.45, 7) is 4.32. The topological polar surface area (TPSA) is 66.8 Å². The molecule has 0 aromatic rings. The van der Waals surface area contributed by atoms with Gasteiger partial charge in [-0.05, 0) is 55.1 Å². The maximum absolute atomic E-state index is 11.5. The number of allylic oxidation sites excluding steroid dienone is 4. The lowest BCUT2D eigenvalue weighted by Crippen LogP contribution is -2.35. The molecule has 1 heterocycles. The molecular weight excluding hydrogens is 292 g/mol. The van der Waals surface area contributed by atoms with Crippen LogP contribution < -0.4 is 0 Å². The summed E-state index contributed by atoms with van der Waals surface area (Å²) >= 11 is 0. The predicted molar refractivity (Wildman–Crippen MR) is 87.7 cm³/mol. The third-order valence-electron chi connectivity index (χ3n) is 5.84. The number of carbonyl (C=O) groups is 1. The largest absolute Gasteiger partial charge is 0.512 e. The van der Waals surface area contributed by atoms with Gasteiger partial charge in [-0.15, -0.1) is 0 Å². The van der Waals surface area contributed by atoms with Crippen LogP contribution in [0.3, 0.4) is 0 Å². The van der Waals surface area contributed by atoms with Crippen LogP contribution in [0.5, 0.6) is 0 Å². The fourth-order valence-corrected chi connectivity index (χ4v) is 4.50. The van der Waals surface area contributed by atoms with Crippen LogP contribution in [0.4, 0.5) is 0 Å². The summed E-state index contributed by atoms with van der Waals surface area (Å²) in [7, 11) is 0. The summed E-state index contributed by atoms with van der Waals surface area (Å²) in [6, 6.07) is 0. The van der Waals surface area contributed by atoms with Crippen LogP contribution in [0.15, 0.2) is 23.5 Å². The Hall–Kier alpha value is -1.29. The van der Waals surface area contributed by atoms with Gasteiger partial charge in [-0.1, -0.05) is 19.9 Å². The van der Waals surface area contributed by atoms with E-state index in [0.29, 0.717) is 29.9 Å². The van der Waals surface area contributed by atoms with Gasteiger partial charge in [0, 0.05) is 12.3 Å². The van der Waals surface area contributed by atoms with Crippen molar-refractivity contribution in [1.29, 1.82) is 0 Å². The summed E-state index contributed by atoms with van der Waals surface area (Å²) in [4.78, 5) is 11.5. The molecular formula is C19H28O4. The SMILES string of the molecule is CC1C=C2C=C(O)C(C)C(CC[C@@H]3CC(O)CC(=O)O3)C2CC1. The molecule has 0 radical (unpaired) electrons. The molecule has 2 N–H and O–H groups in total. The summed E-state index contributed by atoms with van der Waals surface area (Å²) < 4.78 is 5.37. The molecule has 0 bridgehead atoms. The zero-order valence-corrected chi connectivity index (χ0v) is 14.1. The Morgan fingerprint density at radius 2 is 2.04 bits per heavy atom. The molecule has 3 rings (SSSR count). The average molecular weight is 320 g/mol. The molecule has 2 aliphatic carbocycles. The van der Waals surface area contributed by atoms with Crippen LogP contribution in [-0.4, -0.2) is 28.4 Å². The molecule has 1 saturated heterocycles. The fraction of sp³-hybridized carbons (Fsp3) is 0.737. The van der Waals surface area contributed by atoms with Gasteiger partial charge in [0.1, 0.15) is 6.10 Å². The van der Waals surface area contributed by atoms with E-state index in [1.807, 2.05) is 6.08 Å². The minimum absolute atomic E-state index is 0.118. The number of fused-ring (bicyclic) bond motifs is 1. The smallest absolute Gasteiger partial charge is 0.308 e. The van der Waals surface area contributed by atoms with Crippen molar-refractivity contribution in [3.05, 3.63) is 23.5 Å². The second kappa shape index (κ2) is 6.68. The van der Waals surface area contributed by atoms with E-state index in [1.165, 1.54) is 18.4 Å². The van der Waals surface area contributed by atoms with E-state index in [4.69, 9.17) is 4.74 Å². The first kappa shape index (κ1) is 16.6. The Morgan fingerprint density at radius 3 is 2.78 bits per heavy atom. The Labute approximate surface area is 138 Å². The third kappa shape index (κ3) is 3.63. The molecule has 5 unspecified atom stereocenters. The zero-order chi connectivity index (χ0) is 16.6. The molecule has 3 aliphatic rings. The minimum Gasteiger partial charge on any atom is -0.512 e. The summed E-state index contributed by atoms with van der Waals surface area (Å²) in [5, 5.41) is 20.0. The van der Waals surface area contributed by atoms with Crippen LogP contribution in [0.25, 0.3) is 0 Å². The summed E-state index contributed by atoms with van der Waals surface area (Å²) in [5.74, 6) is 1.80. The van der Waals surface area contributed by atoms with Gasteiger partial charge in [0.15, 0.2) is 0 Å². The lowest BCUT2D eigenvalue weighted by atomic mass is 9.66. The normalized spacial score (nSPS) is 40.7. The van der Waals surface area contributed by atoms with Crippen molar-refractivity contribution >= 4 is 5.97 Å². The number of ether oxygens (including phenoxy) is 1. The Morgan fingerprint density at radius 1 is 1.26 bits per heavy atom. The molecule has 6 atom stereocenters.